The van der Waals surface area contributed by atoms with Crippen molar-refractivity contribution in [1.29, 1.82) is 0 Å². The van der Waals surface area contributed by atoms with Crippen molar-refractivity contribution in [2.75, 3.05) is 18.0 Å². The molecule has 202 valence electrons. The van der Waals surface area contributed by atoms with Crippen LogP contribution in [0, 0.1) is 5.82 Å². The average molecular weight is 534 g/mol. The first-order chi connectivity index (χ1) is 19.7. The highest BCUT2D eigenvalue weighted by Gasteiger charge is 2.32. The molecule has 0 spiro atoms. The Morgan fingerprint density at radius 2 is 1.20 bits per heavy atom. The fourth-order valence-electron chi connectivity index (χ4n) is 6.67. The van der Waals surface area contributed by atoms with Gasteiger partial charge in [-0.25, -0.2) is 14.4 Å². The zero-order chi connectivity index (χ0) is 26.6. The smallest absolute Gasteiger partial charge is 0.124 e. The number of H-pyrrole nitrogens is 2. The maximum atomic E-state index is 14.0. The van der Waals surface area contributed by atoms with E-state index in [9.17, 15) is 4.39 Å². The van der Waals surface area contributed by atoms with Gasteiger partial charge in [-0.15, -0.1) is 0 Å². The summed E-state index contributed by atoms with van der Waals surface area (Å²) in [5.74, 6) is 1.79. The lowest BCUT2D eigenvalue weighted by atomic mass is 10.0. The summed E-state index contributed by atoms with van der Waals surface area (Å²) in [6.45, 7) is 2.08. The molecule has 0 bridgehead atoms. The van der Waals surface area contributed by atoms with Gasteiger partial charge >= 0.3 is 0 Å². The SMILES string of the molecule is Fc1ccc(N2C(c3ccc4nc(C5CCCN5)[nH]c4c3)C=CC2c2ccc3nc(C4CCCN4)[nH]c3c2)cc1. The number of hydrogen-bond donors (Lipinski definition) is 4. The fraction of sp³-hybridized carbons (Fsp3) is 0.312. The molecule has 4 N–H and O–H groups in total. The van der Waals surface area contributed by atoms with Gasteiger partial charge in [0.1, 0.15) is 17.5 Å². The Hall–Kier alpha value is -4.01. The van der Waals surface area contributed by atoms with Gasteiger partial charge in [-0.3, -0.25) is 0 Å². The van der Waals surface area contributed by atoms with Gasteiger partial charge in [0.2, 0.25) is 0 Å². The molecular formula is C32H32FN7. The van der Waals surface area contributed by atoms with Gasteiger partial charge in [0.25, 0.3) is 0 Å². The molecule has 5 aromatic rings. The van der Waals surface area contributed by atoms with E-state index in [0.717, 1.165) is 65.3 Å². The van der Waals surface area contributed by atoms with E-state index in [1.807, 2.05) is 12.1 Å². The minimum absolute atomic E-state index is 0.00747. The molecule has 0 amide bonds. The first kappa shape index (κ1) is 23.8. The summed E-state index contributed by atoms with van der Waals surface area (Å²) in [5.41, 5.74) is 7.37. The molecule has 0 saturated carbocycles. The second-order valence-corrected chi connectivity index (χ2v) is 11.3. The summed E-state index contributed by atoms with van der Waals surface area (Å²) in [6.07, 6.45) is 9.09. The van der Waals surface area contributed by atoms with E-state index in [2.05, 4.69) is 74.1 Å². The fourth-order valence-corrected chi connectivity index (χ4v) is 6.67. The number of halogens is 1. The number of imidazole rings is 2. The van der Waals surface area contributed by atoms with Crippen LogP contribution in [0.25, 0.3) is 22.1 Å². The van der Waals surface area contributed by atoms with Crippen molar-refractivity contribution in [3.05, 3.63) is 101 Å². The molecule has 3 aromatic carbocycles. The molecule has 5 heterocycles. The molecular weight excluding hydrogens is 501 g/mol. The number of anilines is 1. The summed E-state index contributed by atoms with van der Waals surface area (Å²) in [6, 6.07) is 20.4. The maximum Gasteiger partial charge on any atom is 0.124 e. The Bertz CT molecular complexity index is 1600. The summed E-state index contributed by atoms with van der Waals surface area (Å²) in [5, 5.41) is 7.07. The second kappa shape index (κ2) is 9.57. The van der Waals surface area contributed by atoms with Crippen molar-refractivity contribution < 1.29 is 4.39 Å². The monoisotopic (exact) mass is 533 g/mol. The van der Waals surface area contributed by atoms with Gasteiger partial charge in [-0.1, -0.05) is 24.3 Å². The van der Waals surface area contributed by atoms with Crippen LogP contribution in [0.5, 0.6) is 0 Å². The summed E-state index contributed by atoms with van der Waals surface area (Å²) >= 11 is 0. The Morgan fingerprint density at radius 1 is 0.675 bits per heavy atom. The highest BCUT2D eigenvalue weighted by atomic mass is 19.1. The topological polar surface area (TPSA) is 84.7 Å². The molecule has 4 unspecified atom stereocenters. The predicted molar refractivity (Wildman–Crippen MR) is 156 cm³/mol. The van der Waals surface area contributed by atoms with Crippen molar-refractivity contribution in [1.82, 2.24) is 30.6 Å². The molecule has 8 heteroatoms. The molecule has 0 radical (unpaired) electrons. The lowest BCUT2D eigenvalue weighted by molar-refractivity contribution is 0.614. The Kier molecular flexibility index (Phi) is 5.70. The maximum absolute atomic E-state index is 14.0. The Balaban J connectivity index is 1.16. The van der Waals surface area contributed by atoms with Gasteiger partial charge < -0.3 is 25.5 Å². The van der Waals surface area contributed by atoms with Crippen LogP contribution in [0.4, 0.5) is 10.1 Å². The zero-order valence-electron chi connectivity index (χ0n) is 22.2. The number of rotatable bonds is 5. The van der Waals surface area contributed by atoms with Crippen LogP contribution in [0.15, 0.2) is 72.8 Å². The van der Waals surface area contributed by atoms with Crippen LogP contribution in [0.1, 0.15) is 72.6 Å². The molecule has 40 heavy (non-hydrogen) atoms. The number of nitrogens with zero attached hydrogens (tertiary/aromatic N) is 3. The van der Waals surface area contributed by atoms with Crippen LogP contribution >= 0.6 is 0 Å². The van der Waals surface area contributed by atoms with Crippen LogP contribution in [0.3, 0.4) is 0 Å². The number of fused-ring (bicyclic) bond motifs is 2. The Morgan fingerprint density at radius 3 is 1.68 bits per heavy atom. The van der Waals surface area contributed by atoms with Gasteiger partial charge in [0.15, 0.2) is 0 Å². The average Bonchev–Trinajstić information content (AvgIpc) is 3.81. The summed E-state index contributed by atoms with van der Waals surface area (Å²) in [7, 11) is 0. The zero-order valence-corrected chi connectivity index (χ0v) is 22.2. The van der Waals surface area contributed by atoms with Crippen molar-refractivity contribution in [2.24, 2.45) is 0 Å². The van der Waals surface area contributed by atoms with E-state index >= 15 is 0 Å². The first-order valence-electron chi connectivity index (χ1n) is 14.4. The standard InChI is InChI=1S/C32H32FN7/c33-21-7-9-22(10-8-21)40-29(19-5-11-23-27(17-19)38-31(36-23)25-3-1-15-34-25)13-14-30(40)20-6-12-24-28(18-20)39-32(37-24)26-4-2-16-35-26/h5-14,17-18,25-26,29-30,34-35H,1-4,15-16H2,(H,36,38)(H,37,39). The summed E-state index contributed by atoms with van der Waals surface area (Å²) < 4.78 is 14.0. The third kappa shape index (κ3) is 4.10. The quantitative estimate of drug-likeness (QED) is 0.200. The lowest BCUT2D eigenvalue weighted by Gasteiger charge is -2.33. The van der Waals surface area contributed by atoms with E-state index < -0.39 is 0 Å². The lowest BCUT2D eigenvalue weighted by Crippen LogP contribution is -2.27. The van der Waals surface area contributed by atoms with Crippen molar-refractivity contribution in [2.45, 2.75) is 49.9 Å². The van der Waals surface area contributed by atoms with Crippen LogP contribution in [0.2, 0.25) is 0 Å². The molecule has 4 atom stereocenters. The number of aromatic amines is 2. The van der Waals surface area contributed by atoms with E-state index in [1.54, 1.807) is 12.1 Å². The molecule has 3 aliphatic heterocycles. The molecule has 0 aliphatic carbocycles. The minimum atomic E-state index is -0.233. The normalized spacial score (nSPS) is 24.7. The second-order valence-electron chi connectivity index (χ2n) is 11.3. The van der Waals surface area contributed by atoms with Gasteiger partial charge in [-0.05, 0) is 98.4 Å². The van der Waals surface area contributed by atoms with E-state index in [4.69, 9.17) is 9.97 Å². The van der Waals surface area contributed by atoms with Crippen LogP contribution in [-0.4, -0.2) is 33.0 Å². The molecule has 2 fully saturated rings. The van der Waals surface area contributed by atoms with Crippen LogP contribution in [-0.2, 0) is 0 Å². The van der Waals surface area contributed by atoms with Crippen molar-refractivity contribution in [3.8, 4) is 0 Å². The highest BCUT2D eigenvalue weighted by Crippen LogP contribution is 2.43. The third-order valence-electron chi connectivity index (χ3n) is 8.71. The number of nitrogens with one attached hydrogen (secondary N) is 4. The number of benzene rings is 3. The van der Waals surface area contributed by atoms with Gasteiger partial charge in [0.05, 0.1) is 46.2 Å². The molecule has 3 aliphatic rings. The van der Waals surface area contributed by atoms with E-state index in [-0.39, 0.29) is 17.9 Å². The first-order valence-corrected chi connectivity index (χ1v) is 14.4. The summed E-state index contributed by atoms with van der Waals surface area (Å²) in [4.78, 5) is 19.2. The highest BCUT2D eigenvalue weighted by molar-refractivity contribution is 5.78. The largest absolute Gasteiger partial charge is 0.350 e. The number of aromatic nitrogens is 4. The molecule has 2 saturated heterocycles. The van der Waals surface area contributed by atoms with Crippen molar-refractivity contribution >= 4 is 27.8 Å². The predicted octanol–water partition coefficient (Wildman–Crippen LogP) is 6.29. The van der Waals surface area contributed by atoms with Crippen molar-refractivity contribution in [3.63, 3.8) is 0 Å². The van der Waals surface area contributed by atoms with E-state index in [0.29, 0.717) is 12.1 Å². The molecule has 2 aromatic heterocycles. The van der Waals surface area contributed by atoms with Crippen LogP contribution < -0.4 is 15.5 Å². The minimum Gasteiger partial charge on any atom is -0.350 e. The Labute approximate surface area is 231 Å². The third-order valence-corrected chi connectivity index (χ3v) is 8.71. The van der Waals surface area contributed by atoms with Gasteiger partial charge in [-0.2, -0.15) is 0 Å². The number of hydrogen-bond acceptors (Lipinski definition) is 5. The molecule has 7 nitrogen and oxygen atoms in total. The van der Waals surface area contributed by atoms with Gasteiger partial charge in [0, 0.05) is 5.69 Å². The van der Waals surface area contributed by atoms with E-state index in [1.165, 1.54) is 24.0 Å². The molecule has 8 rings (SSSR count).